The minimum atomic E-state index is -1.45. The van der Waals surface area contributed by atoms with Crippen LogP contribution in [0.25, 0.3) is 0 Å². The molecule has 2 fully saturated rings. The molecular weight excluding hydrogens is 192 g/mol. The van der Waals surface area contributed by atoms with Crippen molar-refractivity contribution in [3.8, 4) is 0 Å². The van der Waals surface area contributed by atoms with E-state index in [0.29, 0.717) is 18.3 Å². The summed E-state index contributed by atoms with van der Waals surface area (Å²) >= 11 is 0. The van der Waals surface area contributed by atoms with Crippen LogP contribution in [0.3, 0.4) is 0 Å². The molecule has 0 radical (unpaired) electrons. The molecule has 2 bridgehead atoms. The number of carboxylic acids is 1. The Morgan fingerprint density at radius 2 is 2.13 bits per heavy atom. The average molecular weight is 212 g/mol. The monoisotopic (exact) mass is 212 g/mol. The fourth-order valence-electron chi connectivity index (χ4n) is 3.66. The highest BCUT2D eigenvalue weighted by Gasteiger charge is 2.53. The van der Waals surface area contributed by atoms with Crippen LogP contribution in [0.5, 0.6) is 0 Å². The van der Waals surface area contributed by atoms with Crippen LogP contribution in [0.1, 0.15) is 45.4 Å². The van der Waals surface area contributed by atoms with Gasteiger partial charge in [-0.25, -0.2) is 4.79 Å². The number of aliphatic carboxylic acids is 1. The summed E-state index contributed by atoms with van der Waals surface area (Å²) in [5.41, 5.74) is -1.45. The average Bonchev–Trinajstić information content (AvgIpc) is 2.78. The zero-order chi connectivity index (χ0) is 11.1. The predicted molar refractivity (Wildman–Crippen MR) is 56.4 cm³/mol. The Hall–Kier alpha value is -0.570. The van der Waals surface area contributed by atoms with E-state index in [1.807, 2.05) is 6.92 Å². The van der Waals surface area contributed by atoms with Gasteiger partial charge in [-0.15, -0.1) is 0 Å². The Morgan fingerprint density at radius 3 is 2.53 bits per heavy atom. The van der Waals surface area contributed by atoms with Crippen LogP contribution >= 0.6 is 0 Å². The van der Waals surface area contributed by atoms with Crippen LogP contribution < -0.4 is 0 Å². The van der Waals surface area contributed by atoms with Crippen LogP contribution in [-0.2, 0) is 4.79 Å². The van der Waals surface area contributed by atoms with Gasteiger partial charge >= 0.3 is 5.97 Å². The smallest absolute Gasteiger partial charge is 0.335 e. The van der Waals surface area contributed by atoms with Gasteiger partial charge in [0.15, 0.2) is 5.60 Å². The highest BCUT2D eigenvalue weighted by atomic mass is 16.4. The molecule has 0 aromatic heterocycles. The summed E-state index contributed by atoms with van der Waals surface area (Å²) in [6, 6.07) is 0. The lowest BCUT2D eigenvalue weighted by Gasteiger charge is -2.35. The van der Waals surface area contributed by atoms with E-state index in [-0.39, 0.29) is 5.92 Å². The minimum Gasteiger partial charge on any atom is -0.479 e. The first-order valence-corrected chi connectivity index (χ1v) is 6.03. The molecule has 2 N–H and O–H groups in total. The number of aliphatic hydroxyl groups is 1. The standard InChI is InChI=1S/C12H20O3/c1-2-5-12(15,11(13)14)10-7-8-3-4-9(10)6-8/h8-10,15H,2-7H2,1H3,(H,13,14). The molecule has 0 amide bonds. The summed E-state index contributed by atoms with van der Waals surface area (Å²) in [5.74, 6) is 0.140. The Balaban J connectivity index is 2.15. The lowest BCUT2D eigenvalue weighted by Crippen LogP contribution is -2.47. The maximum absolute atomic E-state index is 11.2. The van der Waals surface area contributed by atoms with E-state index in [1.54, 1.807) is 0 Å². The van der Waals surface area contributed by atoms with Crippen LogP contribution in [0, 0.1) is 17.8 Å². The molecule has 15 heavy (non-hydrogen) atoms. The maximum atomic E-state index is 11.2. The minimum absolute atomic E-state index is 0.00806. The van der Waals surface area contributed by atoms with Gasteiger partial charge in [-0.1, -0.05) is 19.8 Å². The van der Waals surface area contributed by atoms with E-state index >= 15 is 0 Å². The molecule has 3 heteroatoms. The number of hydrogen-bond acceptors (Lipinski definition) is 2. The predicted octanol–water partition coefficient (Wildman–Crippen LogP) is 2.04. The number of hydrogen-bond donors (Lipinski definition) is 2. The van der Waals surface area contributed by atoms with Crippen molar-refractivity contribution in [2.75, 3.05) is 0 Å². The third-order valence-electron chi connectivity index (χ3n) is 4.35. The van der Waals surface area contributed by atoms with Gasteiger partial charge < -0.3 is 10.2 Å². The third kappa shape index (κ3) is 1.67. The Morgan fingerprint density at radius 1 is 1.40 bits per heavy atom. The Kier molecular flexibility index (Phi) is 2.75. The molecule has 2 rings (SSSR count). The van der Waals surface area contributed by atoms with Crippen LogP contribution in [0.2, 0.25) is 0 Å². The molecular formula is C12H20O3. The van der Waals surface area contributed by atoms with Crippen LogP contribution in [-0.4, -0.2) is 21.8 Å². The van der Waals surface area contributed by atoms with Gasteiger partial charge in [-0.05, 0) is 37.5 Å². The first-order valence-electron chi connectivity index (χ1n) is 6.03. The quantitative estimate of drug-likeness (QED) is 0.749. The third-order valence-corrected chi connectivity index (χ3v) is 4.35. The summed E-state index contributed by atoms with van der Waals surface area (Å²) in [6.45, 7) is 1.93. The zero-order valence-electron chi connectivity index (χ0n) is 9.28. The van der Waals surface area contributed by atoms with E-state index in [9.17, 15) is 15.0 Å². The van der Waals surface area contributed by atoms with Crippen molar-refractivity contribution in [3.05, 3.63) is 0 Å². The van der Waals surface area contributed by atoms with Gasteiger partial charge in [0.2, 0.25) is 0 Å². The molecule has 0 heterocycles. The summed E-state index contributed by atoms with van der Waals surface area (Å²) in [6.07, 6.45) is 5.56. The van der Waals surface area contributed by atoms with Crippen molar-refractivity contribution < 1.29 is 15.0 Å². The first-order chi connectivity index (χ1) is 7.08. The summed E-state index contributed by atoms with van der Waals surface area (Å²) < 4.78 is 0. The molecule has 3 nitrogen and oxygen atoms in total. The molecule has 0 spiro atoms. The highest BCUT2D eigenvalue weighted by molar-refractivity contribution is 5.77. The maximum Gasteiger partial charge on any atom is 0.335 e. The fraction of sp³-hybridized carbons (Fsp3) is 0.917. The van der Waals surface area contributed by atoms with Gasteiger partial charge in [0.05, 0.1) is 0 Å². The molecule has 0 aromatic carbocycles. The molecule has 0 aliphatic heterocycles. The number of fused-ring (bicyclic) bond motifs is 2. The van der Waals surface area contributed by atoms with E-state index in [4.69, 9.17) is 0 Å². The van der Waals surface area contributed by atoms with Crippen molar-refractivity contribution in [1.82, 2.24) is 0 Å². The van der Waals surface area contributed by atoms with Crippen molar-refractivity contribution >= 4 is 5.97 Å². The molecule has 2 saturated carbocycles. The Bertz CT molecular complexity index is 264. The molecule has 86 valence electrons. The summed E-state index contributed by atoms with van der Waals surface area (Å²) in [4.78, 5) is 11.2. The normalized spacial score (nSPS) is 37.9. The molecule has 4 atom stereocenters. The van der Waals surface area contributed by atoms with Gasteiger partial charge in [-0.2, -0.15) is 0 Å². The lowest BCUT2D eigenvalue weighted by atomic mass is 9.74. The second-order valence-electron chi connectivity index (χ2n) is 5.26. The fourth-order valence-corrected chi connectivity index (χ4v) is 3.66. The topological polar surface area (TPSA) is 57.5 Å². The number of carbonyl (C=O) groups is 1. The van der Waals surface area contributed by atoms with Crippen molar-refractivity contribution in [3.63, 3.8) is 0 Å². The summed E-state index contributed by atoms with van der Waals surface area (Å²) in [5, 5.41) is 19.5. The van der Waals surface area contributed by atoms with Crippen LogP contribution in [0.15, 0.2) is 0 Å². The lowest BCUT2D eigenvalue weighted by molar-refractivity contribution is -0.168. The largest absolute Gasteiger partial charge is 0.479 e. The van der Waals surface area contributed by atoms with E-state index < -0.39 is 11.6 Å². The van der Waals surface area contributed by atoms with Crippen LogP contribution in [0.4, 0.5) is 0 Å². The molecule has 4 unspecified atom stereocenters. The molecule has 0 aromatic rings. The molecule has 2 aliphatic rings. The Labute approximate surface area is 90.5 Å². The zero-order valence-corrected chi connectivity index (χ0v) is 9.28. The van der Waals surface area contributed by atoms with Gasteiger partial charge in [0.1, 0.15) is 0 Å². The first kappa shape index (κ1) is 10.9. The highest BCUT2D eigenvalue weighted by Crippen LogP contribution is 2.53. The van der Waals surface area contributed by atoms with Crippen molar-refractivity contribution in [2.45, 2.75) is 51.0 Å². The van der Waals surface area contributed by atoms with Crippen molar-refractivity contribution in [2.24, 2.45) is 17.8 Å². The van der Waals surface area contributed by atoms with Gasteiger partial charge in [0, 0.05) is 5.92 Å². The van der Waals surface area contributed by atoms with E-state index in [2.05, 4.69) is 0 Å². The van der Waals surface area contributed by atoms with E-state index in [1.165, 1.54) is 6.42 Å². The molecule has 0 saturated heterocycles. The van der Waals surface area contributed by atoms with Gasteiger partial charge in [0.25, 0.3) is 0 Å². The van der Waals surface area contributed by atoms with E-state index in [0.717, 1.165) is 25.7 Å². The summed E-state index contributed by atoms with van der Waals surface area (Å²) in [7, 11) is 0. The SMILES string of the molecule is CCCC(O)(C(=O)O)C1CC2CCC1C2. The second kappa shape index (κ2) is 3.78. The van der Waals surface area contributed by atoms with Crippen molar-refractivity contribution in [1.29, 1.82) is 0 Å². The number of rotatable bonds is 4. The molecule has 2 aliphatic carbocycles. The second-order valence-corrected chi connectivity index (χ2v) is 5.26. The number of carboxylic acid groups (broad SMARTS) is 1. The van der Waals surface area contributed by atoms with Gasteiger partial charge in [-0.3, -0.25) is 0 Å².